The molecule has 150 valence electrons. The van der Waals surface area contributed by atoms with Crippen LogP contribution in [0.15, 0.2) is 42.1 Å². The molecule has 1 fully saturated rings. The molecule has 1 aliphatic rings. The van der Waals surface area contributed by atoms with E-state index in [0.717, 1.165) is 26.2 Å². The summed E-state index contributed by atoms with van der Waals surface area (Å²) in [5.74, 6) is 1.86. The first-order chi connectivity index (χ1) is 13.6. The zero-order valence-corrected chi connectivity index (χ0v) is 17.5. The molecule has 1 aliphatic heterocycles. The van der Waals surface area contributed by atoms with Crippen LogP contribution in [0.4, 0.5) is 0 Å². The highest BCUT2D eigenvalue weighted by molar-refractivity contribution is 7.99. The smallest absolute Gasteiger partial charge is 0.233 e. The van der Waals surface area contributed by atoms with Crippen LogP contribution in [-0.4, -0.2) is 69.5 Å². The predicted molar refractivity (Wildman–Crippen MR) is 111 cm³/mol. The van der Waals surface area contributed by atoms with Crippen LogP contribution < -0.4 is 4.74 Å². The van der Waals surface area contributed by atoms with Crippen molar-refractivity contribution < 1.29 is 9.53 Å². The first-order valence-corrected chi connectivity index (χ1v) is 10.4. The zero-order valence-electron chi connectivity index (χ0n) is 15.9. The van der Waals surface area contributed by atoms with Crippen LogP contribution in [0.1, 0.15) is 5.82 Å². The van der Waals surface area contributed by atoms with E-state index in [-0.39, 0.29) is 12.5 Å². The van der Waals surface area contributed by atoms with Crippen molar-refractivity contribution in [2.45, 2.75) is 18.3 Å². The molecule has 0 bridgehead atoms. The summed E-state index contributed by atoms with van der Waals surface area (Å²) < 4.78 is 7.69. The number of carbonyl (C=O) groups excluding carboxylic acids is 1. The highest BCUT2D eigenvalue weighted by Gasteiger charge is 2.20. The summed E-state index contributed by atoms with van der Waals surface area (Å²) in [5, 5.41) is 9.82. The Bertz CT molecular complexity index is 803. The van der Waals surface area contributed by atoms with E-state index in [1.807, 2.05) is 9.47 Å². The van der Waals surface area contributed by atoms with Gasteiger partial charge in [-0.1, -0.05) is 29.4 Å². The Morgan fingerprint density at radius 3 is 2.64 bits per heavy atom. The van der Waals surface area contributed by atoms with Crippen molar-refractivity contribution in [2.24, 2.45) is 0 Å². The molecule has 2 heterocycles. The van der Waals surface area contributed by atoms with Crippen LogP contribution in [0.3, 0.4) is 0 Å². The summed E-state index contributed by atoms with van der Waals surface area (Å²) in [6.07, 6.45) is 1.78. The lowest BCUT2D eigenvalue weighted by molar-refractivity contribution is -0.129. The molecule has 1 amide bonds. The number of hydrogen-bond acceptors (Lipinski definition) is 6. The Hall–Kier alpha value is -2.03. The zero-order chi connectivity index (χ0) is 19.9. The van der Waals surface area contributed by atoms with Crippen LogP contribution >= 0.6 is 23.4 Å². The molecule has 0 atom stereocenters. The van der Waals surface area contributed by atoms with Gasteiger partial charge in [0.05, 0.1) is 5.75 Å². The number of hydrogen-bond donors (Lipinski definition) is 0. The lowest BCUT2D eigenvalue weighted by Crippen LogP contribution is -2.47. The van der Waals surface area contributed by atoms with Crippen molar-refractivity contribution in [3.8, 4) is 5.75 Å². The molecule has 1 aromatic carbocycles. The normalized spacial score (nSPS) is 14.9. The van der Waals surface area contributed by atoms with E-state index in [1.54, 1.807) is 30.3 Å². The molecular weight excluding hydrogens is 398 g/mol. The number of rotatable bonds is 8. The number of nitrogens with zero attached hydrogens (tertiary/aromatic N) is 5. The Morgan fingerprint density at radius 2 is 1.96 bits per heavy atom. The minimum Gasteiger partial charge on any atom is -0.486 e. The molecular formula is C19H24ClN5O2S. The number of allylic oxidation sites excluding steroid dienone is 1. The fraction of sp³-hybridized carbons (Fsp3) is 0.421. The Labute approximate surface area is 174 Å². The first-order valence-electron chi connectivity index (χ1n) is 9.07. The summed E-state index contributed by atoms with van der Waals surface area (Å²) >= 11 is 7.29. The number of carbonyl (C=O) groups is 1. The van der Waals surface area contributed by atoms with Gasteiger partial charge >= 0.3 is 0 Å². The largest absolute Gasteiger partial charge is 0.486 e. The number of amides is 1. The van der Waals surface area contributed by atoms with Crippen LogP contribution in [0.25, 0.3) is 0 Å². The van der Waals surface area contributed by atoms with Crippen molar-refractivity contribution in [2.75, 3.05) is 39.0 Å². The van der Waals surface area contributed by atoms with Gasteiger partial charge in [-0.3, -0.25) is 9.36 Å². The lowest BCUT2D eigenvalue weighted by Gasteiger charge is -2.32. The van der Waals surface area contributed by atoms with E-state index in [2.05, 4.69) is 28.7 Å². The average Bonchev–Trinajstić information content (AvgIpc) is 3.08. The maximum absolute atomic E-state index is 12.5. The van der Waals surface area contributed by atoms with E-state index < -0.39 is 0 Å². The van der Waals surface area contributed by atoms with Gasteiger partial charge in [0.2, 0.25) is 5.91 Å². The van der Waals surface area contributed by atoms with Gasteiger partial charge in [-0.15, -0.1) is 16.8 Å². The summed E-state index contributed by atoms with van der Waals surface area (Å²) in [6, 6.07) is 7.16. The predicted octanol–water partition coefficient (Wildman–Crippen LogP) is 2.56. The molecule has 0 radical (unpaired) electrons. The Kier molecular flexibility index (Phi) is 7.36. The fourth-order valence-electron chi connectivity index (χ4n) is 2.80. The molecule has 28 heavy (non-hydrogen) atoms. The van der Waals surface area contributed by atoms with E-state index in [4.69, 9.17) is 16.3 Å². The second-order valence-corrected chi connectivity index (χ2v) is 7.89. The van der Waals surface area contributed by atoms with E-state index >= 15 is 0 Å². The van der Waals surface area contributed by atoms with Crippen molar-refractivity contribution in [1.82, 2.24) is 24.6 Å². The monoisotopic (exact) mass is 421 g/mol. The molecule has 3 rings (SSSR count). The van der Waals surface area contributed by atoms with Gasteiger partial charge in [-0.2, -0.15) is 0 Å². The van der Waals surface area contributed by atoms with Gasteiger partial charge in [-0.05, 0) is 31.3 Å². The van der Waals surface area contributed by atoms with Gasteiger partial charge < -0.3 is 14.5 Å². The van der Waals surface area contributed by atoms with Gasteiger partial charge in [0.25, 0.3) is 0 Å². The summed E-state index contributed by atoms with van der Waals surface area (Å²) in [4.78, 5) is 16.6. The maximum Gasteiger partial charge on any atom is 0.233 e. The molecule has 0 N–H and O–H groups in total. The molecule has 2 aromatic rings. The Morgan fingerprint density at radius 1 is 1.25 bits per heavy atom. The highest BCUT2D eigenvalue weighted by Crippen LogP contribution is 2.20. The number of piperazine rings is 1. The molecule has 9 heteroatoms. The van der Waals surface area contributed by atoms with Crippen LogP contribution in [0.2, 0.25) is 5.02 Å². The van der Waals surface area contributed by atoms with Gasteiger partial charge in [0.15, 0.2) is 11.0 Å². The van der Waals surface area contributed by atoms with Crippen molar-refractivity contribution >= 4 is 29.3 Å². The molecule has 1 saturated heterocycles. The van der Waals surface area contributed by atoms with Crippen LogP contribution in [-0.2, 0) is 17.9 Å². The lowest BCUT2D eigenvalue weighted by atomic mass is 10.3. The van der Waals surface area contributed by atoms with Gasteiger partial charge in [0.1, 0.15) is 12.4 Å². The van der Waals surface area contributed by atoms with E-state index in [9.17, 15) is 4.79 Å². The SMILES string of the molecule is C=CCn1c(COc2ccc(Cl)cc2)nnc1SCC(=O)N1CCN(C)CC1. The molecule has 0 spiro atoms. The van der Waals surface area contributed by atoms with Gasteiger partial charge in [-0.25, -0.2) is 0 Å². The number of aromatic nitrogens is 3. The second-order valence-electron chi connectivity index (χ2n) is 6.51. The minimum absolute atomic E-state index is 0.130. The first kappa shape index (κ1) is 20.7. The molecule has 1 aromatic heterocycles. The van der Waals surface area contributed by atoms with Crippen molar-refractivity contribution in [3.63, 3.8) is 0 Å². The minimum atomic E-state index is 0.130. The average molecular weight is 422 g/mol. The van der Waals surface area contributed by atoms with E-state index in [1.165, 1.54) is 11.8 Å². The quantitative estimate of drug-likeness (QED) is 0.482. The summed E-state index contributed by atoms with van der Waals surface area (Å²) in [6.45, 7) is 8.00. The van der Waals surface area contributed by atoms with Crippen LogP contribution in [0, 0.1) is 0 Å². The molecule has 0 unspecified atom stereocenters. The standard InChI is InChI=1S/C19H24ClN5O2S/c1-3-8-25-17(13-27-16-6-4-15(20)5-7-16)21-22-19(25)28-14-18(26)24-11-9-23(2)10-12-24/h3-7H,1,8-14H2,2H3. The fourth-order valence-corrected chi connectivity index (χ4v) is 3.79. The number of thioether (sulfide) groups is 1. The third kappa shape index (κ3) is 5.50. The maximum atomic E-state index is 12.5. The van der Waals surface area contributed by atoms with E-state index in [0.29, 0.717) is 34.1 Å². The Balaban J connectivity index is 1.59. The van der Waals surface area contributed by atoms with Crippen LogP contribution in [0.5, 0.6) is 5.75 Å². The third-order valence-corrected chi connectivity index (χ3v) is 5.67. The number of likely N-dealkylation sites (N-methyl/N-ethyl adjacent to an activating group) is 1. The summed E-state index contributed by atoms with van der Waals surface area (Å²) in [7, 11) is 2.07. The second kappa shape index (κ2) is 9.95. The number of halogens is 1. The number of benzene rings is 1. The van der Waals surface area contributed by atoms with Crippen molar-refractivity contribution in [3.05, 3.63) is 47.8 Å². The molecule has 7 nitrogen and oxygen atoms in total. The van der Waals surface area contributed by atoms with Crippen molar-refractivity contribution in [1.29, 1.82) is 0 Å². The molecule has 0 aliphatic carbocycles. The molecule has 0 saturated carbocycles. The topological polar surface area (TPSA) is 63.5 Å². The number of ether oxygens (including phenoxy) is 1. The third-order valence-electron chi connectivity index (χ3n) is 4.47. The van der Waals surface area contributed by atoms with Gasteiger partial charge in [0, 0.05) is 37.7 Å². The highest BCUT2D eigenvalue weighted by atomic mass is 35.5. The summed E-state index contributed by atoms with van der Waals surface area (Å²) in [5.41, 5.74) is 0.